The predicted molar refractivity (Wildman–Crippen MR) is 93.7 cm³/mol. The molecule has 1 fully saturated rings. The van der Waals surface area contributed by atoms with Crippen LogP contribution in [-0.4, -0.2) is 41.3 Å². The summed E-state index contributed by atoms with van der Waals surface area (Å²) < 4.78 is 23.9. The molecule has 0 aliphatic carbocycles. The molecule has 1 aliphatic heterocycles. The van der Waals surface area contributed by atoms with E-state index in [2.05, 4.69) is 15.8 Å². The van der Waals surface area contributed by atoms with E-state index in [1.165, 1.54) is 6.33 Å². The number of nitrogens with one attached hydrogen (secondary N) is 2. The molecule has 0 unspecified atom stereocenters. The highest BCUT2D eigenvalue weighted by atomic mass is 32.2. The average molecular weight is 378 g/mol. The lowest BCUT2D eigenvalue weighted by Crippen LogP contribution is -2.44. The first kappa shape index (κ1) is 18.1. The van der Waals surface area contributed by atoms with Gasteiger partial charge in [-0.25, -0.2) is 13.4 Å². The van der Waals surface area contributed by atoms with Gasteiger partial charge in [-0.1, -0.05) is 12.1 Å². The Hall–Kier alpha value is -2.75. The van der Waals surface area contributed by atoms with Crippen LogP contribution in [0.15, 0.2) is 35.4 Å². The van der Waals surface area contributed by atoms with E-state index in [1.54, 1.807) is 24.3 Å². The van der Waals surface area contributed by atoms with Crippen molar-refractivity contribution in [3.05, 3.63) is 40.9 Å². The van der Waals surface area contributed by atoms with Gasteiger partial charge in [0, 0.05) is 6.42 Å². The zero-order chi connectivity index (χ0) is 18.7. The number of rotatable bonds is 4. The fraction of sp³-hybridized carbons (Fsp3) is 0.375. The summed E-state index contributed by atoms with van der Waals surface area (Å²) in [7, 11) is -3.05. The summed E-state index contributed by atoms with van der Waals surface area (Å²) in [4.78, 5) is 40.1. The third-order valence-corrected chi connectivity index (χ3v) is 6.02. The Morgan fingerprint density at radius 3 is 2.65 bits per heavy atom. The second kappa shape index (κ2) is 7.24. The lowest BCUT2D eigenvalue weighted by atomic mass is 10.1. The van der Waals surface area contributed by atoms with Gasteiger partial charge < -0.3 is 0 Å². The Kier molecular flexibility index (Phi) is 5.03. The molecule has 1 aromatic carbocycles. The minimum atomic E-state index is -3.05. The lowest BCUT2D eigenvalue weighted by molar-refractivity contribution is -0.129. The van der Waals surface area contributed by atoms with Crippen molar-refractivity contribution in [2.45, 2.75) is 19.4 Å². The molecule has 10 heteroatoms. The summed E-state index contributed by atoms with van der Waals surface area (Å²) in [5, 5.41) is 0.397. The summed E-state index contributed by atoms with van der Waals surface area (Å²) in [6.07, 6.45) is 1.74. The molecule has 0 bridgehead atoms. The first-order valence-electron chi connectivity index (χ1n) is 8.06. The van der Waals surface area contributed by atoms with Crippen LogP contribution in [0.3, 0.4) is 0 Å². The van der Waals surface area contributed by atoms with Gasteiger partial charge in [0.1, 0.15) is 6.54 Å². The van der Waals surface area contributed by atoms with Crippen LogP contribution in [0.4, 0.5) is 0 Å². The predicted octanol–water partition coefficient (Wildman–Crippen LogP) is -0.631. The van der Waals surface area contributed by atoms with E-state index in [0.29, 0.717) is 17.3 Å². The molecule has 3 rings (SSSR count). The first-order chi connectivity index (χ1) is 12.3. The zero-order valence-corrected chi connectivity index (χ0v) is 14.7. The van der Waals surface area contributed by atoms with Gasteiger partial charge in [-0.15, -0.1) is 0 Å². The smallest absolute Gasteiger partial charge is 0.261 e. The molecule has 1 aromatic heterocycles. The van der Waals surface area contributed by atoms with Crippen LogP contribution < -0.4 is 16.4 Å². The topological polar surface area (TPSA) is 127 Å². The fourth-order valence-electron chi connectivity index (χ4n) is 2.90. The van der Waals surface area contributed by atoms with Gasteiger partial charge in [-0.3, -0.25) is 29.8 Å². The van der Waals surface area contributed by atoms with Crippen molar-refractivity contribution in [1.29, 1.82) is 0 Å². The molecule has 0 spiro atoms. The molecule has 2 aromatic rings. The van der Waals surface area contributed by atoms with Crippen molar-refractivity contribution >= 4 is 32.6 Å². The van der Waals surface area contributed by atoms with Gasteiger partial charge in [0.25, 0.3) is 11.5 Å². The van der Waals surface area contributed by atoms with Gasteiger partial charge in [0.2, 0.25) is 5.91 Å². The number of aromatic nitrogens is 2. The van der Waals surface area contributed by atoms with Crippen molar-refractivity contribution < 1.29 is 18.0 Å². The largest absolute Gasteiger partial charge is 0.289 e. The molecular formula is C16H18N4O5S. The number of para-hydroxylation sites is 1. The van der Waals surface area contributed by atoms with Crippen molar-refractivity contribution in [2.75, 3.05) is 11.5 Å². The van der Waals surface area contributed by atoms with E-state index in [0.717, 1.165) is 4.57 Å². The van der Waals surface area contributed by atoms with Crippen LogP contribution in [0.5, 0.6) is 0 Å². The maximum Gasteiger partial charge on any atom is 0.261 e. The van der Waals surface area contributed by atoms with E-state index >= 15 is 0 Å². The summed E-state index contributed by atoms with van der Waals surface area (Å²) in [6, 6.07) is 6.79. The molecule has 0 saturated carbocycles. The van der Waals surface area contributed by atoms with Crippen LogP contribution in [0, 0.1) is 5.92 Å². The van der Waals surface area contributed by atoms with Gasteiger partial charge in [-0.2, -0.15) is 0 Å². The molecule has 138 valence electrons. The maximum absolute atomic E-state index is 12.3. The number of carbonyl (C=O) groups excluding carboxylic acids is 2. The van der Waals surface area contributed by atoms with Crippen LogP contribution in [0.2, 0.25) is 0 Å². The number of fused-ring (bicyclic) bond motifs is 1. The third-order valence-electron chi connectivity index (χ3n) is 4.19. The van der Waals surface area contributed by atoms with Crippen molar-refractivity contribution in [3.63, 3.8) is 0 Å². The fourth-order valence-corrected chi connectivity index (χ4v) is 4.76. The molecule has 1 atom stereocenters. The maximum atomic E-state index is 12.3. The van der Waals surface area contributed by atoms with Crippen LogP contribution in [0.25, 0.3) is 10.9 Å². The monoisotopic (exact) mass is 378 g/mol. The number of benzene rings is 1. The molecule has 9 nitrogen and oxygen atoms in total. The zero-order valence-electron chi connectivity index (χ0n) is 13.8. The van der Waals surface area contributed by atoms with E-state index in [1.807, 2.05) is 0 Å². The summed E-state index contributed by atoms with van der Waals surface area (Å²) in [5.41, 5.74) is 4.65. The number of sulfone groups is 1. The van der Waals surface area contributed by atoms with Crippen molar-refractivity contribution in [2.24, 2.45) is 5.92 Å². The number of hydrogen-bond donors (Lipinski definition) is 2. The molecule has 2 amide bonds. The first-order valence-corrected chi connectivity index (χ1v) is 9.88. The van der Waals surface area contributed by atoms with Crippen LogP contribution in [-0.2, 0) is 26.0 Å². The highest BCUT2D eigenvalue weighted by molar-refractivity contribution is 7.91. The lowest BCUT2D eigenvalue weighted by Gasteiger charge is -2.11. The Balaban J connectivity index is 1.54. The molecule has 2 heterocycles. The number of hydrazine groups is 1. The summed E-state index contributed by atoms with van der Waals surface area (Å²) in [5.74, 6) is -1.20. The molecule has 1 saturated heterocycles. The molecular weight excluding hydrogens is 360 g/mol. The third kappa shape index (κ3) is 4.26. The van der Waals surface area contributed by atoms with Crippen LogP contribution >= 0.6 is 0 Å². The second-order valence-corrected chi connectivity index (χ2v) is 8.49. The highest BCUT2D eigenvalue weighted by Crippen LogP contribution is 2.21. The van der Waals surface area contributed by atoms with Crippen molar-refractivity contribution in [1.82, 2.24) is 20.4 Å². The van der Waals surface area contributed by atoms with Gasteiger partial charge in [-0.05, 0) is 24.5 Å². The Morgan fingerprint density at radius 2 is 1.92 bits per heavy atom. The number of nitrogens with zero attached hydrogens (tertiary/aromatic N) is 2. The number of hydrogen-bond acceptors (Lipinski definition) is 6. The number of amides is 2. The minimum Gasteiger partial charge on any atom is -0.289 e. The Morgan fingerprint density at radius 1 is 1.19 bits per heavy atom. The van der Waals surface area contributed by atoms with E-state index in [9.17, 15) is 22.8 Å². The van der Waals surface area contributed by atoms with Crippen molar-refractivity contribution in [3.8, 4) is 0 Å². The summed E-state index contributed by atoms with van der Waals surface area (Å²) in [6.45, 7) is -0.297. The minimum absolute atomic E-state index is 0.00742. The van der Waals surface area contributed by atoms with E-state index in [4.69, 9.17) is 0 Å². The van der Waals surface area contributed by atoms with Gasteiger partial charge >= 0.3 is 0 Å². The van der Waals surface area contributed by atoms with E-state index < -0.39 is 21.7 Å². The highest BCUT2D eigenvalue weighted by Gasteiger charge is 2.29. The molecule has 26 heavy (non-hydrogen) atoms. The Labute approximate surface area is 149 Å². The number of carbonyl (C=O) groups is 2. The Bertz CT molecular complexity index is 1010. The van der Waals surface area contributed by atoms with Gasteiger partial charge in [0.05, 0.1) is 28.7 Å². The molecule has 1 aliphatic rings. The van der Waals surface area contributed by atoms with Gasteiger partial charge in [0.15, 0.2) is 9.84 Å². The summed E-state index contributed by atoms with van der Waals surface area (Å²) >= 11 is 0. The molecule has 0 radical (unpaired) electrons. The second-order valence-electron chi connectivity index (χ2n) is 6.26. The SMILES string of the molecule is O=C(C[C@@H]1CCS(=O)(=O)C1)NNC(=O)Cn1cnc2ccccc2c1=O. The van der Waals surface area contributed by atoms with Crippen LogP contribution in [0.1, 0.15) is 12.8 Å². The van der Waals surface area contributed by atoms with E-state index in [-0.39, 0.29) is 35.9 Å². The average Bonchev–Trinajstić information content (AvgIpc) is 2.94. The standard InChI is InChI=1S/C16H18N4O5S/c21-14(7-11-5-6-26(24,25)9-11)18-19-15(22)8-20-10-17-13-4-2-1-3-12(13)16(20)23/h1-4,10-11H,5-9H2,(H,18,21)(H,19,22)/t11-/m0/s1. The quantitative estimate of drug-likeness (QED) is 0.682. The normalized spacial score (nSPS) is 18.5. The molecule has 2 N–H and O–H groups in total.